The van der Waals surface area contributed by atoms with Crippen LogP contribution in [0.1, 0.15) is 5.76 Å². The van der Waals surface area contributed by atoms with E-state index >= 15 is 0 Å². The minimum Gasteiger partial charge on any atom is -0.455 e. The Balaban J connectivity index is 1.60. The summed E-state index contributed by atoms with van der Waals surface area (Å²) in [5, 5.41) is 1.12. The lowest BCUT2D eigenvalue weighted by Crippen LogP contribution is -1.77. The molecule has 2 aromatic carbocycles. The summed E-state index contributed by atoms with van der Waals surface area (Å²) in [7, 11) is 0. The number of nitrogens with one attached hydrogen (secondary N) is 1. The van der Waals surface area contributed by atoms with Crippen molar-refractivity contribution in [1.82, 2.24) is 9.97 Å². The van der Waals surface area contributed by atoms with Crippen LogP contribution in [0.2, 0.25) is 10.0 Å². The van der Waals surface area contributed by atoms with Crippen molar-refractivity contribution < 1.29 is 4.42 Å². The number of nitrogens with zero attached hydrogens (tertiary/aromatic N) is 2. The van der Waals surface area contributed by atoms with Gasteiger partial charge < -0.3 is 9.40 Å². The number of aromatic amines is 1. The van der Waals surface area contributed by atoms with Crippen LogP contribution in [0, 0.1) is 0 Å². The third-order valence-corrected chi connectivity index (χ3v) is 4.06. The maximum Gasteiger partial charge on any atom is 0.227 e. The summed E-state index contributed by atoms with van der Waals surface area (Å²) in [6.45, 7) is 0. The van der Waals surface area contributed by atoms with E-state index in [-0.39, 0.29) is 0 Å². The largest absolute Gasteiger partial charge is 0.455 e. The van der Waals surface area contributed by atoms with Crippen molar-refractivity contribution in [2.45, 2.75) is 0 Å². The van der Waals surface area contributed by atoms with Crippen molar-refractivity contribution in [2.24, 2.45) is 4.99 Å². The second-order valence-electron chi connectivity index (χ2n) is 5.16. The van der Waals surface area contributed by atoms with Gasteiger partial charge in [-0.3, -0.25) is 0 Å². The molecule has 0 amide bonds. The van der Waals surface area contributed by atoms with Gasteiger partial charge in [-0.2, -0.15) is 0 Å². The van der Waals surface area contributed by atoms with E-state index in [9.17, 15) is 0 Å². The van der Waals surface area contributed by atoms with Gasteiger partial charge in [-0.1, -0.05) is 35.3 Å². The monoisotopic (exact) mass is 355 g/mol. The predicted octanol–water partition coefficient (Wildman–Crippen LogP) is 5.88. The molecule has 2 heterocycles. The van der Waals surface area contributed by atoms with Crippen molar-refractivity contribution >= 4 is 46.4 Å². The maximum atomic E-state index is 6.20. The van der Waals surface area contributed by atoms with Crippen LogP contribution in [0.15, 0.2) is 64.0 Å². The van der Waals surface area contributed by atoms with E-state index in [1.165, 1.54) is 0 Å². The fraction of sp³-hybridized carbons (Fsp3) is 0. The Morgan fingerprint density at radius 2 is 1.92 bits per heavy atom. The van der Waals surface area contributed by atoms with Gasteiger partial charge in [0.1, 0.15) is 11.5 Å². The first-order valence-electron chi connectivity index (χ1n) is 7.23. The summed E-state index contributed by atoms with van der Waals surface area (Å²) in [6.07, 6.45) is 1.62. The molecule has 118 valence electrons. The molecule has 0 fully saturated rings. The lowest BCUT2D eigenvalue weighted by atomic mass is 10.2. The summed E-state index contributed by atoms with van der Waals surface area (Å²) in [6, 6.07) is 16.7. The fourth-order valence-electron chi connectivity index (χ4n) is 2.38. The summed E-state index contributed by atoms with van der Waals surface area (Å²) >= 11 is 12.1. The van der Waals surface area contributed by atoms with E-state index < -0.39 is 0 Å². The van der Waals surface area contributed by atoms with Crippen LogP contribution >= 0.6 is 23.2 Å². The van der Waals surface area contributed by atoms with E-state index in [1.807, 2.05) is 42.5 Å². The molecule has 0 aliphatic heterocycles. The van der Waals surface area contributed by atoms with E-state index in [1.54, 1.807) is 18.3 Å². The van der Waals surface area contributed by atoms with Crippen LogP contribution in [-0.2, 0) is 0 Å². The normalized spacial score (nSPS) is 11.6. The van der Waals surface area contributed by atoms with E-state index in [4.69, 9.17) is 27.6 Å². The number of fused-ring (bicyclic) bond motifs is 1. The van der Waals surface area contributed by atoms with Crippen molar-refractivity contribution in [2.75, 3.05) is 0 Å². The molecule has 0 radical (unpaired) electrons. The van der Waals surface area contributed by atoms with Crippen LogP contribution in [0.25, 0.3) is 22.4 Å². The Morgan fingerprint density at radius 3 is 2.75 bits per heavy atom. The number of H-pyrrole nitrogens is 1. The van der Waals surface area contributed by atoms with Gasteiger partial charge in [-0.05, 0) is 42.5 Å². The number of aromatic nitrogens is 2. The number of hydrogen-bond donors (Lipinski definition) is 1. The predicted molar refractivity (Wildman–Crippen MR) is 97.5 cm³/mol. The van der Waals surface area contributed by atoms with Gasteiger partial charge in [0, 0.05) is 10.6 Å². The Labute approximate surface area is 147 Å². The Hall–Kier alpha value is -2.56. The van der Waals surface area contributed by atoms with Crippen LogP contribution < -0.4 is 0 Å². The second-order valence-corrected chi connectivity index (χ2v) is 6.01. The van der Waals surface area contributed by atoms with Crippen molar-refractivity contribution in [3.63, 3.8) is 0 Å². The highest BCUT2D eigenvalue weighted by atomic mass is 35.5. The van der Waals surface area contributed by atoms with Gasteiger partial charge in [0.2, 0.25) is 5.95 Å². The zero-order valence-corrected chi connectivity index (χ0v) is 13.8. The first-order valence-corrected chi connectivity index (χ1v) is 7.99. The molecular formula is C18H11Cl2N3O. The minimum atomic E-state index is 0.527. The smallest absolute Gasteiger partial charge is 0.227 e. The van der Waals surface area contributed by atoms with Crippen LogP contribution in [-0.4, -0.2) is 16.2 Å². The number of imidazole rings is 1. The number of hydrogen-bond acceptors (Lipinski definition) is 3. The van der Waals surface area contributed by atoms with Gasteiger partial charge in [-0.15, -0.1) is 0 Å². The molecule has 6 heteroatoms. The van der Waals surface area contributed by atoms with E-state index in [0.717, 1.165) is 16.6 Å². The van der Waals surface area contributed by atoms with Crippen molar-refractivity contribution in [3.05, 3.63) is 70.4 Å². The first kappa shape index (κ1) is 15.0. The molecule has 0 saturated carbocycles. The lowest BCUT2D eigenvalue weighted by molar-refractivity contribution is 0.575. The van der Waals surface area contributed by atoms with Crippen LogP contribution in [0.5, 0.6) is 0 Å². The molecule has 0 atom stereocenters. The van der Waals surface area contributed by atoms with Gasteiger partial charge >= 0.3 is 0 Å². The van der Waals surface area contributed by atoms with Gasteiger partial charge in [0.15, 0.2) is 0 Å². The summed E-state index contributed by atoms with van der Waals surface area (Å²) in [5.74, 6) is 1.79. The van der Waals surface area contributed by atoms with E-state index in [0.29, 0.717) is 27.5 Å². The Kier molecular flexibility index (Phi) is 3.84. The topological polar surface area (TPSA) is 54.2 Å². The standard InChI is InChI=1S/C18H11Cl2N3O/c19-11-5-7-13(14(20)9-11)17-8-6-12(24-17)10-21-18-22-15-3-1-2-4-16(15)23-18/h1-10H,(H,22,23). The SMILES string of the molecule is Clc1ccc(-c2ccc(C=Nc3nc4ccccc4[nH]3)o2)c(Cl)c1. The Bertz CT molecular complexity index is 1020. The summed E-state index contributed by atoms with van der Waals surface area (Å²) in [4.78, 5) is 11.8. The quantitative estimate of drug-likeness (QED) is 0.466. The molecule has 4 aromatic rings. The molecule has 0 unspecified atom stereocenters. The molecule has 0 saturated heterocycles. The number of benzene rings is 2. The molecule has 0 aliphatic carbocycles. The molecule has 1 N–H and O–H groups in total. The summed E-state index contributed by atoms with van der Waals surface area (Å²) in [5.41, 5.74) is 2.60. The highest BCUT2D eigenvalue weighted by molar-refractivity contribution is 6.36. The molecular weight excluding hydrogens is 345 g/mol. The van der Waals surface area contributed by atoms with Crippen LogP contribution in [0.4, 0.5) is 5.95 Å². The number of furan rings is 1. The second kappa shape index (κ2) is 6.15. The van der Waals surface area contributed by atoms with Gasteiger partial charge in [-0.25, -0.2) is 9.98 Å². The first-order chi connectivity index (χ1) is 11.7. The molecule has 0 spiro atoms. The van der Waals surface area contributed by atoms with Crippen molar-refractivity contribution in [1.29, 1.82) is 0 Å². The molecule has 4 rings (SSSR count). The average molecular weight is 356 g/mol. The highest BCUT2D eigenvalue weighted by Crippen LogP contribution is 2.31. The fourth-order valence-corrected chi connectivity index (χ4v) is 2.88. The number of para-hydroxylation sites is 2. The zero-order valence-electron chi connectivity index (χ0n) is 12.3. The lowest BCUT2D eigenvalue weighted by Gasteiger charge is -2.00. The maximum absolute atomic E-state index is 6.20. The summed E-state index contributed by atoms with van der Waals surface area (Å²) < 4.78 is 5.77. The minimum absolute atomic E-state index is 0.527. The van der Waals surface area contributed by atoms with E-state index in [2.05, 4.69) is 15.0 Å². The number of halogens is 2. The molecule has 24 heavy (non-hydrogen) atoms. The van der Waals surface area contributed by atoms with Crippen molar-refractivity contribution in [3.8, 4) is 11.3 Å². The zero-order chi connectivity index (χ0) is 16.5. The molecule has 0 bridgehead atoms. The third-order valence-electron chi connectivity index (χ3n) is 3.51. The van der Waals surface area contributed by atoms with Gasteiger partial charge in [0.25, 0.3) is 0 Å². The molecule has 2 aromatic heterocycles. The highest BCUT2D eigenvalue weighted by Gasteiger charge is 2.08. The Morgan fingerprint density at radius 1 is 1.04 bits per heavy atom. The van der Waals surface area contributed by atoms with Crippen LogP contribution in [0.3, 0.4) is 0 Å². The third kappa shape index (κ3) is 2.94. The number of aliphatic imine (C=N–C) groups is 1. The molecule has 0 aliphatic rings. The average Bonchev–Trinajstić information content (AvgIpc) is 3.19. The number of rotatable bonds is 3. The van der Waals surface area contributed by atoms with Gasteiger partial charge in [0.05, 0.1) is 22.3 Å². The molecule has 4 nitrogen and oxygen atoms in total.